The fourth-order valence-electron chi connectivity index (χ4n) is 3.69. The van der Waals surface area contributed by atoms with Crippen LogP contribution in [0.25, 0.3) is 0 Å². The van der Waals surface area contributed by atoms with Gasteiger partial charge in [0, 0.05) is 45.7 Å². The second-order valence-corrected chi connectivity index (χ2v) is 11.4. The number of thioether (sulfide) groups is 2. The van der Waals surface area contributed by atoms with Crippen LogP contribution >= 0.6 is 46.7 Å². The molecule has 1 atom stereocenters. The van der Waals surface area contributed by atoms with E-state index in [0.717, 1.165) is 18.6 Å². The number of benzene rings is 2. The first-order chi connectivity index (χ1) is 17.4. The predicted molar refractivity (Wildman–Crippen MR) is 151 cm³/mol. The molecule has 0 aromatic heterocycles. The summed E-state index contributed by atoms with van der Waals surface area (Å²) in [5.41, 5.74) is 2.94. The first-order valence-electron chi connectivity index (χ1n) is 11.6. The summed E-state index contributed by atoms with van der Waals surface area (Å²) in [6.45, 7) is 0. The molecule has 1 aliphatic rings. The van der Waals surface area contributed by atoms with Crippen LogP contribution in [0, 0.1) is 0 Å². The summed E-state index contributed by atoms with van der Waals surface area (Å²) in [4.78, 5) is 34.2. The van der Waals surface area contributed by atoms with E-state index in [2.05, 4.69) is 16.9 Å². The van der Waals surface area contributed by atoms with Crippen molar-refractivity contribution in [3.05, 3.63) is 70.8 Å². The average molecular weight is 572 g/mol. The third-order valence-electron chi connectivity index (χ3n) is 5.65. The van der Waals surface area contributed by atoms with Crippen molar-refractivity contribution >= 4 is 64.4 Å². The Kier molecular flexibility index (Phi) is 13.8. The zero-order valence-electron chi connectivity index (χ0n) is 20.6. The fourth-order valence-corrected chi connectivity index (χ4v) is 7.11. The van der Waals surface area contributed by atoms with E-state index >= 15 is 0 Å². The van der Waals surface area contributed by atoms with Crippen molar-refractivity contribution in [1.82, 2.24) is 0 Å². The number of hydrogen-bond acceptors (Lipinski definition) is 7. The van der Waals surface area contributed by atoms with Crippen LogP contribution in [0.5, 0.6) is 0 Å². The molecule has 1 fully saturated rings. The molecule has 5 nitrogen and oxygen atoms in total. The van der Waals surface area contributed by atoms with E-state index in [4.69, 9.17) is 27.9 Å². The van der Waals surface area contributed by atoms with Crippen LogP contribution in [0.1, 0.15) is 62.3 Å². The molecule has 1 aliphatic heterocycles. The molecule has 0 saturated carbocycles. The zero-order chi connectivity index (χ0) is 26.4. The lowest BCUT2D eigenvalue weighted by Crippen LogP contribution is -2.29. The molecule has 36 heavy (non-hydrogen) atoms. The van der Waals surface area contributed by atoms with Crippen molar-refractivity contribution in [2.45, 2.75) is 30.4 Å². The van der Waals surface area contributed by atoms with Gasteiger partial charge in [-0.05, 0) is 49.1 Å². The summed E-state index contributed by atoms with van der Waals surface area (Å²) in [5, 5.41) is 0. The van der Waals surface area contributed by atoms with Crippen LogP contribution in [0.2, 0.25) is 0 Å². The van der Waals surface area contributed by atoms with Gasteiger partial charge in [-0.1, -0.05) is 24.3 Å². The lowest BCUT2D eigenvalue weighted by molar-refractivity contribution is 0.0592. The van der Waals surface area contributed by atoms with Gasteiger partial charge in [-0.15, -0.1) is 35.0 Å². The monoisotopic (exact) mass is 570 g/mol. The van der Waals surface area contributed by atoms with Gasteiger partial charge in [0.2, 0.25) is 0 Å². The smallest absolute Gasteiger partial charge is 0.337 e. The van der Waals surface area contributed by atoms with Crippen molar-refractivity contribution in [2.24, 2.45) is 0 Å². The minimum absolute atomic E-state index is 0.0389. The number of methoxy groups -OCH3 is 2. The summed E-state index contributed by atoms with van der Waals surface area (Å²) in [5.74, 6) is 4.04. The van der Waals surface area contributed by atoms with Gasteiger partial charge >= 0.3 is 11.9 Å². The Labute approximate surface area is 232 Å². The molecule has 2 aromatic rings. The molecular weight excluding hydrogens is 539 g/mol. The lowest BCUT2D eigenvalue weighted by Gasteiger charge is -2.37. The van der Waals surface area contributed by atoms with Crippen LogP contribution in [0.4, 0.5) is 0 Å². The Morgan fingerprint density at radius 2 is 1.33 bits per heavy atom. The van der Waals surface area contributed by atoms with Gasteiger partial charge in [0.1, 0.15) is 0 Å². The van der Waals surface area contributed by atoms with Crippen molar-refractivity contribution in [2.75, 3.05) is 43.2 Å². The standard InChI is InChI=1S/C15H19ClO2S2.C12H13ClO3/c1-18-14(17)12-3-5-13(6-4-12)15(7-2-8-16)11-19-9-10-20-15;1-16-12(15)10-6-4-9(5-7-10)11(14)3-2-8-13/h3-6H,2,7-11H2,1H3;4-7H,2-3,8H2,1H3. The normalized spacial score (nSPS) is 16.9. The number of halogens is 2. The van der Waals surface area contributed by atoms with Gasteiger partial charge in [0.05, 0.1) is 25.3 Å². The lowest BCUT2D eigenvalue weighted by atomic mass is 9.94. The Morgan fingerprint density at radius 3 is 1.81 bits per heavy atom. The number of rotatable bonds is 10. The Bertz CT molecular complexity index is 975. The molecule has 0 radical (unpaired) electrons. The van der Waals surface area contributed by atoms with Crippen molar-refractivity contribution in [3.63, 3.8) is 0 Å². The second kappa shape index (κ2) is 16.2. The van der Waals surface area contributed by atoms with Crippen LogP contribution in [0.15, 0.2) is 48.5 Å². The molecule has 1 heterocycles. The SMILES string of the molecule is COC(=O)c1ccc(C(=O)CCCCl)cc1.COC(=O)c1ccc(C2(CCCCl)CSCCS2)cc1. The van der Waals surface area contributed by atoms with Crippen LogP contribution in [-0.4, -0.2) is 61.0 Å². The summed E-state index contributed by atoms with van der Waals surface area (Å²) in [6, 6.07) is 14.3. The molecule has 1 unspecified atom stereocenters. The number of alkyl halides is 2. The molecule has 3 rings (SSSR count). The number of carbonyl (C=O) groups is 3. The molecule has 0 aliphatic carbocycles. The number of carbonyl (C=O) groups excluding carboxylic acids is 3. The van der Waals surface area contributed by atoms with Gasteiger partial charge < -0.3 is 9.47 Å². The van der Waals surface area contributed by atoms with Crippen LogP contribution in [0.3, 0.4) is 0 Å². The van der Waals surface area contributed by atoms with Crippen LogP contribution < -0.4 is 0 Å². The Balaban J connectivity index is 0.000000261. The molecule has 0 spiro atoms. The average Bonchev–Trinajstić information content (AvgIpc) is 2.95. The van der Waals surface area contributed by atoms with E-state index in [-0.39, 0.29) is 16.5 Å². The molecule has 2 aromatic carbocycles. The zero-order valence-corrected chi connectivity index (χ0v) is 23.7. The highest BCUT2D eigenvalue weighted by atomic mass is 35.5. The van der Waals surface area contributed by atoms with Crippen LogP contribution in [-0.2, 0) is 14.2 Å². The Hall–Kier alpha value is -1.67. The van der Waals surface area contributed by atoms with Gasteiger partial charge in [-0.3, -0.25) is 4.79 Å². The van der Waals surface area contributed by atoms with Gasteiger partial charge in [0.15, 0.2) is 5.78 Å². The molecule has 9 heteroatoms. The van der Waals surface area contributed by atoms with Gasteiger partial charge in [-0.25, -0.2) is 9.59 Å². The maximum absolute atomic E-state index is 11.6. The highest BCUT2D eigenvalue weighted by molar-refractivity contribution is 8.06. The second-order valence-electron chi connectivity index (χ2n) is 8.04. The van der Waals surface area contributed by atoms with Gasteiger partial charge in [-0.2, -0.15) is 11.8 Å². The highest BCUT2D eigenvalue weighted by Gasteiger charge is 2.34. The molecular formula is C27H32Cl2O5S2. The van der Waals surface area contributed by atoms with Crippen molar-refractivity contribution in [1.29, 1.82) is 0 Å². The van der Waals surface area contributed by atoms with E-state index in [9.17, 15) is 14.4 Å². The molecule has 1 saturated heterocycles. The maximum atomic E-state index is 11.6. The van der Waals surface area contributed by atoms with Crippen molar-refractivity contribution in [3.8, 4) is 0 Å². The van der Waals surface area contributed by atoms with Crippen molar-refractivity contribution < 1.29 is 23.9 Å². The van der Waals surface area contributed by atoms with E-state index in [1.165, 1.54) is 31.3 Å². The van der Waals surface area contributed by atoms with E-state index in [1.54, 1.807) is 24.3 Å². The molecule has 196 valence electrons. The Morgan fingerprint density at radius 1 is 0.806 bits per heavy atom. The molecule has 0 N–H and O–H groups in total. The fraction of sp³-hybridized carbons (Fsp3) is 0.444. The maximum Gasteiger partial charge on any atom is 0.337 e. The van der Waals surface area contributed by atoms with E-state index in [1.807, 2.05) is 35.7 Å². The largest absolute Gasteiger partial charge is 0.465 e. The molecule has 0 amide bonds. The first-order valence-corrected chi connectivity index (χ1v) is 14.9. The summed E-state index contributed by atoms with van der Waals surface area (Å²) >= 11 is 15.4. The number of Topliss-reactive ketones (excluding diaryl/α,β-unsaturated/α-hetero) is 1. The summed E-state index contributed by atoms with van der Waals surface area (Å²) < 4.78 is 9.45. The minimum atomic E-state index is -0.403. The van der Waals surface area contributed by atoms with Gasteiger partial charge in [0.25, 0.3) is 0 Å². The third-order valence-corrected chi connectivity index (χ3v) is 9.36. The van der Waals surface area contributed by atoms with E-state index < -0.39 is 5.97 Å². The quantitative estimate of drug-likeness (QED) is 0.176. The minimum Gasteiger partial charge on any atom is -0.465 e. The van der Waals surface area contributed by atoms with E-state index in [0.29, 0.717) is 41.3 Å². The number of esters is 2. The molecule has 0 bridgehead atoms. The highest BCUT2D eigenvalue weighted by Crippen LogP contribution is 2.46. The number of hydrogen-bond donors (Lipinski definition) is 0. The topological polar surface area (TPSA) is 69.7 Å². The number of ketones is 1. The predicted octanol–water partition coefficient (Wildman–Crippen LogP) is 6.84. The third kappa shape index (κ3) is 9.02. The first kappa shape index (κ1) is 30.6. The summed E-state index contributed by atoms with van der Waals surface area (Å²) in [6.07, 6.45) is 3.21. The number of ether oxygens (including phenoxy) is 2. The summed E-state index contributed by atoms with van der Waals surface area (Å²) in [7, 11) is 2.73.